The maximum Gasteiger partial charge on any atom is 0.261 e. The molecule has 2 rings (SSSR count). The SMILES string of the molecule is Cc1cccc(-c2nc(CCN(C)C)no2)c1O. The van der Waals surface area contributed by atoms with Crippen molar-refractivity contribution in [1.82, 2.24) is 15.0 Å². The fourth-order valence-corrected chi connectivity index (χ4v) is 1.62. The standard InChI is InChI=1S/C13H17N3O2/c1-9-5-4-6-10(12(9)17)13-14-11(15-18-13)7-8-16(2)3/h4-6,17H,7-8H2,1-3H3. The summed E-state index contributed by atoms with van der Waals surface area (Å²) in [5, 5.41) is 13.9. The number of nitrogens with zero attached hydrogens (tertiary/aromatic N) is 3. The molecule has 18 heavy (non-hydrogen) atoms. The van der Waals surface area contributed by atoms with Crippen molar-refractivity contribution in [3.05, 3.63) is 29.6 Å². The van der Waals surface area contributed by atoms with E-state index in [1.807, 2.05) is 33.2 Å². The van der Waals surface area contributed by atoms with Crippen LogP contribution in [0.25, 0.3) is 11.5 Å². The van der Waals surface area contributed by atoms with Crippen LogP contribution >= 0.6 is 0 Å². The lowest BCUT2D eigenvalue weighted by Gasteiger charge is -2.05. The molecule has 96 valence electrons. The second-order valence-corrected chi connectivity index (χ2v) is 4.54. The Morgan fingerprint density at radius 2 is 2.11 bits per heavy atom. The predicted molar refractivity (Wildman–Crippen MR) is 68.4 cm³/mol. The number of likely N-dealkylation sites (N-methyl/N-ethyl adjacent to an activating group) is 1. The molecular weight excluding hydrogens is 230 g/mol. The van der Waals surface area contributed by atoms with E-state index in [1.165, 1.54) is 0 Å². The highest BCUT2D eigenvalue weighted by Gasteiger charge is 2.13. The Balaban J connectivity index is 2.21. The van der Waals surface area contributed by atoms with Crippen LogP contribution in [0.5, 0.6) is 5.75 Å². The molecule has 0 unspecified atom stereocenters. The van der Waals surface area contributed by atoms with Gasteiger partial charge in [-0.05, 0) is 32.6 Å². The van der Waals surface area contributed by atoms with Gasteiger partial charge in [0.15, 0.2) is 5.82 Å². The van der Waals surface area contributed by atoms with Crippen LogP contribution in [-0.2, 0) is 6.42 Å². The van der Waals surface area contributed by atoms with Crippen LogP contribution in [0.4, 0.5) is 0 Å². The number of aromatic hydroxyl groups is 1. The molecule has 0 atom stereocenters. The van der Waals surface area contributed by atoms with Crippen molar-refractivity contribution in [3.63, 3.8) is 0 Å². The molecule has 0 spiro atoms. The van der Waals surface area contributed by atoms with Crippen molar-refractivity contribution in [3.8, 4) is 17.2 Å². The van der Waals surface area contributed by atoms with Gasteiger partial charge < -0.3 is 14.5 Å². The van der Waals surface area contributed by atoms with E-state index in [-0.39, 0.29) is 5.75 Å². The maximum absolute atomic E-state index is 9.94. The van der Waals surface area contributed by atoms with E-state index >= 15 is 0 Å². The van der Waals surface area contributed by atoms with Gasteiger partial charge >= 0.3 is 0 Å². The summed E-state index contributed by atoms with van der Waals surface area (Å²) in [6.45, 7) is 2.70. The first-order chi connectivity index (χ1) is 8.58. The molecule has 0 fully saturated rings. The van der Waals surface area contributed by atoms with Gasteiger partial charge in [0, 0.05) is 13.0 Å². The molecule has 1 aromatic carbocycles. The zero-order chi connectivity index (χ0) is 13.1. The normalized spacial score (nSPS) is 11.1. The summed E-state index contributed by atoms with van der Waals surface area (Å²) in [4.78, 5) is 6.35. The van der Waals surface area contributed by atoms with Gasteiger partial charge in [0.1, 0.15) is 5.75 Å². The van der Waals surface area contributed by atoms with Crippen LogP contribution in [0.2, 0.25) is 0 Å². The molecule has 1 heterocycles. The van der Waals surface area contributed by atoms with Gasteiger partial charge in [-0.1, -0.05) is 17.3 Å². The molecule has 0 aliphatic carbocycles. The largest absolute Gasteiger partial charge is 0.507 e. The van der Waals surface area contributed by atoms with Crippen molar-refractivity contribution in [2.45, 2.75) is 13.3 Å². The molecular formula is C13H17N3O2. The molecule has 0 saturated heterocycles. The number of aromatic nitrogens is 2. The number of hydrogen-bond donors (Lipinski definition) is 1. The number of phenolic OH excluding ortho intramolecular Hbond substituents is 1. The molecule has 2 aromatic rings. The first kappa shape index (κ1) is 12.6. The van der Waals surface area contributed by atoms with E-state index in [4.69, 9.17) is 4.52 Å². The lowest BCUT2D eigenvalue weighted by molar-refractivity contribution is 0.391. The molecule has 0 aliphatic heterocycles. The van der Waals surface area contributed by atoms with Crippen molar-refractivity contribution >= 4 is 0 Å². The second-order valence-electron chi connectivity index (χ2n) is 4.54. The zero-order valence-electron chi connectivity index (χ0n) is 10.8. The van der Waals surface area contributed by atoms with Gasteiger partial charge in [0.2, 0.25) is 0 Å². The van der Waals surface area contributed by atoms with E-state index in [9.17, 15) is 5.11 Å². The number of benzene rings is 1. The summed E-state index contributed by atoms with van der Waals surface area (Å²) in [5.74, 6) is 1.21. The van der Waals surface area contributed by atoms with Gasteiger partial charge in [-0.15, -0.1) is 0 Å². The average molecular weight is 247 g/mol. The van der Waals surface area contributed by atoms with E-state index in [2.05, 4.69) is 15.0 Å². The maximum atomic E-state index is 9.94. The molecule has 1 N–H and O–H groups in total. The summed E-state index contributed by atoms with van der Waals surface area (Å²) in [6.07, 6.45) is 0.725. The molecule has 0 radical (unpaired) electrons. The lowest BCUT2D eigenvalue weighted by Crippen LogP contribution is -2.15. The Bertz CT molecular complexity index is 535. The Labute approximate surface area is 106 Å². The average Bonchev–Trinajstić information content (AvgIpc) is 2.78. The first-order valence-corrected chi connectivity index (χ1v) is 5.84. The van der Waals surface area contributed by atoms with E-state index in [0.717, 1.165) is 18.5 Å². The van der Waals surface area contributed by atoms with Crippen molar-refractivity contribution in [2.75, 3.05) is 20.6 Å². The Morgan fingerprint density at radius 3 is 2.83 bits per heavy atom. The molecule has 0 aliphatic rings. The van der Waals surface area contributed by atoms with Crippen LogP contribution in [0, 0.1) is 6.92 Å². The third-order valence-electron chi connectivity index (χ3n) is 2.72. The summed E-state index contributed by atoms with van der Waals surface area (Å²) >= 11 is 0. The third kappa shape index (κ3) is 2.68. The van der Waals surface area contributed by atoms with Crippen LogP contribution < -0.4 is 0 Å². The topological polar surface area (TPSA) is 62.4 Å². The quantitative estimate of drug-likeness (QED) is 0.893. The highest BCUT2D eigenvalue weighted by molar-refractivity contribution is 5.64. The van der Waals surface area contributed by atoms with E-state index in [0.29, 0.717) is 17.3 Å². The predicted octanol–water partition coefficient (Wildman–Crippen LogP) is 1.85. The fraction of sp³-hybridized carbons (Fsp3) is 0.385. The van der Waals surface area contributed by atoms with Gasteiger partial charge in [0.05, 0.1) is 5.56 Å². The minimum Gasteiger partial charge on any atom is -0.507 e. The third-order valence-corrected chi connectivity index (χ3v) is 2.72. The smallest absolute Gasteiger partial charge is 0.261 e. The van der Waals surface area contributed by atoms with Crippen LogP contribution in [0.15, 0.2) is 22.7 Å². The Hall–Kier alpha value is -1.88. The first-order valence-electron chi connectivity index (χ1n) is 5.84. The van der Waals surface area contributed by atoms with Gasteiger partial charge in [-0.3, -0.25) is 0 Å². The van der Waals surface area contributed by atoms with Crippen LogP contribution in [-0.4, -0.2) is 40.8 Å². The summed E-state index contributed by atoms with van der Waals surface area (Å²) in [6, 6.07) is 5.46. The molecule has 5 nitrogen and oxygen atoms in total. The molecule has 1 aromatic heterocycles. The van der Waals surface area contributed by atoms with E-state index in [1.54, 1.807) is 6.07 Å². The second kappa shape index (κ2) is 5.18. The van der Waals surface area contributed by atoms with Gasteiger partial charge in [-0.2, -0.15) is 4.98 Å². The minimum atomic E-state index is 0.195. The van der Waals surface area contributed by atoms with E-state index < -0.39 is 0 Å². The minimum absolute atomic E-state index is 0.195. The van der Waals surface area contributed by atoms with Crippen molar-refractivity contribution in [1.29, 1.82) is 0 Å². The highest BCUT2D eigenvalue weighted by Crippen LogP contribution is 2.30. The van der Waals surface area contributed by atoms with Crippen LogP contribution in [0.3, 0.4) is 0 Å². The Kier molecular flexibility index (Phi) is 3.62. The number of rotatable bonds is 4. The van der Waals surface area contributed by atoms with Gasteiger partial charge in [-0.25, -0.2) is 0 Å². The Morgan fingerprint density at radius 1 is 1.33 bits per heavy atom. The molecule has 0 amide bonds. The monoisotopic (exact) mass is 247 g/mol. The number of hydrogen-bond acceptors (Lipinski definition) is 5. The summed E-state index contributed by atoms with van der Waals surface area (Å²) in [7, 11) is 3.99. The lowest BCUT2D eigenvalue weighted by atomic mass is 10.1. The highest BCUT2D eigenvalue weighted by atomic mass is 16.5. The fourth-order valence-electron chi connectivity index (χ4n) is 1.62. The molecule has 5 heteroatoms. The van der Waals surface area contributed by atoms with Crippen molar-refractivity contribution in [2.24, 2.45) is 0 Å². The molecule has 0 saturated carbocycles. The van der Waals surface area contributed by atoms with Gasteiger partial charge in [0.25, 0.3) is 5.89 Å². The zero-order valence-corrected chi connectivity index (χ0v) is 10.8. The van der Waals surface area contributed by atoms with Crippen LogP contribution in [0.1, 0.15) is 11.4 Å². The number of aryl methyl sites for hydroxylation is 1. The van der Waals surface area contributed by atoms with Crippen molar-refractivity contribution < 1.29 is 9.63 Å². The number of phenols is 1. The summed E-state index contributed by atoms with van der Waals surface area (Å²) in [5.41, 5.74) is 1.37. The molecule has 0 bridgehead atoms. The number of para-hydroxylation sites is 1. The summed E-state index contributed by atoms with van der Waals surface area (Å²) < 4.78 is 5.18.